The Bertz CT molecular complexity index is 1050. The second-order valence-electron chi connectivity index (χ2n) is 5.80. The number of aliphatic hydroxyl groups is 1. The second kappa shape index (κ2) is 6.82. The van der Waals surface area contributed by atoms with Crippen LogP contribution in [0.25, 0.3) is 22.0 Å². The Balaban J connectivity index is 2.35. The van der Waals surface area contributed by atoms with Crippen molar-refractivity contribution in [3.05, 3.63) is 57.2 Å². The maximum absolute atomic E-state index is 11.6. The fourth-order valence-corrected chi connectivity index (χ4v) is 4.24. The molecule has 1 unspecified atom stereocenters. The molecule has 2 aromatic carbocycles. The maximum atomic E-state index is 11.6. The van der Waals surface area contributed by atoms with Gasteiger partial charge in [0, 0.05) is 22.7 Å². The Kier molecular flexibility index (Phi) is 5.06. The summed E-state index contributed by atoms with van der Waals surface area (Å²) in [5, 5.41) is 11.8. The summed E-state index contributed by atoms with van der Waals surface area (Å²) in [6.07, 6.45) is -0.173. The molecular formula is C17H14Cl3NO3S. The van der Waals surface area contributed by atoms with E-state index < -0.39 is 21.7 Å². The SMILES string of the molecule is CS(=O)(=O)CC(O)c1[nH]c2cc(Cl)c(Cl)c(Cl)c2c1-c1ccccc1. The monoisotopic (exact) mass is 417 g/mol. The molecular weight excluding hydrogens is 405 g/mol. The number of benzene rings is 2. The van der Waals surface area contributed by atoms with E-state index in [0.29, 0.717) is 22.2 Å². The number of hydrogen-bond donors (Lipinski definition) is 2. The molecule has 0 aliphatic rings. The van der Waals surface area contributed by atoms with E-state index >= 15 is 0 Å². The smallest absolute Gasteiger partial charge is 0.150 e. The molecule has 2 N–H and O–H groups in total. The summed E-state index contributed by atoms with van der Waals surface area (Å²) in [5.41, 5.74) is 2.31. The lowest BCUT2D eigenvalue weighted by molar-refractivity contribution is 0.198. The predicted molar refractivity (Wildman–Crippen MR) is 103 cm³/mol. The number of aromatic nitrogens is 1. The van der Waals surface area contributed by atoms with E-state index in [9.17, 15) is 13.5 Å². The van der Waals surface area contributed by atoms with Gasteiger partial charge >= 0.3 is 0 Å². The summed E-state index contributed by atoms with van der Waals surface area (Å²) in [7, 11) is -3.39. The largest absolute Gasteiger partial charge is 0.386 e. The van der Waals surface area contributed by atoms with Crippen molar-refractivity contribution < 1.29 is 13.5 Å². The Morgan fingerprint density at radius 1 is 1.12 bits per heavy atom. The van der Waals surface area contributed by atoms with Gasteiger partial charge in [-0.1, -0.05) is 65.1 Å². The Hall–Kier alpha value is -1.24. The summed E-state index contributed by atoms with van der Waals surface area (Å²) in [5.74, 6) is -0.418. The van der Waals surface area contributed by atoms with Crippen LogP contribution >= 0.6 is 34.8 Å². The van der Waals surface area contributed by atoms with Crippen molar-refractivity contribution in [1.82, 2.24) is 4.98 Å². The minimum Gasteiger partial charge on any atom is -0.386 e. The van der Waals surface area contributed by atoms with Gasteiger partial charge < -0.3 is 10.1 Å². The Morgan fingerprint density at radius 2 is 1.76 bits per heavy atom. The first-order chi connectivity index (χ1) is 11.7. The number of hydrogen-bond acceptors (Lipinski definition) is 3. The van der Waals surface area contributed by atoms with Crippen molar-refractivity contribution in [2.24, 2.45) is 0 Å². The number of H-pyrrole nitrogens is 1. The molecule has 0 spiro atoms. The zero-order chi connectivity index (χ0) is 18.4. The number of fused-ring (bicyclic) bond motifs is 1. The van der Waals surface area contributed by atoms with Crippen LogP contribution in [-0.2, 0) is 9.84 Å². The molecule has 0 aliphatic carbocycles. The van der Waals surface area contributed by atoms with Gasteiger partial charge in [-0.3, -0.25) is 0 Å². The third kappa shape index (κ3) is 3.66. The molecule has 0 aliphatic heterocycles. The van der Waals surface area contributed by atoms with Crippen LogP contribution in [0.2, 0.25) is 15.1 Å². The first-order valence-corrected chi connectivity index (χ1v) is 10.5. The number of halogens is 3. The molecule has 132 valence electrons. The van der Waals surface area contributed by atoms with E-state index in [2.05, 4.69) is 4.98 Å². The highest BCUT2D eigenvalue weighted by molar-refractivity contribution is 7.90. The number of nitrogens with one attached hydrogen (secondary N) is 1. The van der Waals surface area contributed by atoms with E-state index in [1.807, 2.05) is 30.3 Å². The fourth-order valence-electron chi connectivity index (χ4n) is 2.81. The van der Waals surface area contributed by atoms with Crippen molar-refractivity contribution in [3.63, 3.8) is 0 Å². The first-order valence-electron chi connectivity index (χ1n) is 7.29. The lowest BCUT2D eigenvalue weighted by Crippen LogP contribution is -2.13. The number of sulfone groups is 1. The van der Waals surface area contributed by atoms with Crippen molar-refractivity contribution in [1.29, 1.82) is 0 Å². The maximum Gasteiger partial charge on any atom is 0.150 e. The Morgan fingerprint density at radius 3 is 2.36 bits per heavy atom. The van der Waals surface area contributed by atoms with E-state index in [1.165, 1.54) is 0 Å². The third-order valence-electron chi connectivity index (χ3n) is 3.81. The molecule has 1 atom stereocenters. The van der Waals surface area contributed by atoms with Crippen LogP contribution in [0.4, 0.5) is 0 Å². The van der Waals surface area contributed by atoms with E-state index in [1.54, 1.807) is 6.07 Å². The zero-order valence-electron chi connectivity index (χ0n) is 13.1. The average Bonchev–Trinajstić information content (AvgIpc) is 2.91. The molecule has 0 amide bonds. The standard InChI is InChI=1S/C17H14Cl3NO3S/c1-25(23,24)8-12(22)17-13(9-5-3-2-4-6-9)14-11(21-17)7-10(18)15(19)16(14)20/h2-7,12,21-22H,8H2,1H3. The lowest BCUT2D eigenvalue weighted by atomic mass is 10.00. The predicted octanol–water partition coefficient (Wildman–Crippen LogP) is 4.87. The summed E-state index contributed by atoms with van der Waals surface area (Å²) < 4.78 is 23.2. The molecule has 0 fully saturated rings. The van der Waals surface area contributed by atoms with Gasteiger partial charge in [0.1, 0.15) is 15.9 Å². The molecule has 0 bridgehead atoms. The highest BCUT2D eigenvalue weighted by atomic mass is 35.5. The molecule has 3 rings (SSSR count). The quantitative estimate of drug-likeness (QED) is 0.594. The minimum absolute atomic E-state index is 0.205. The normalized spacial score (nSPS) is 13.3. The molecule has 1 aromatic heterocycles. The molecule has 0 saturated carbocycles. The van der Waals surface area contributed by atoms with Gasteiger partial charge in [-0.05, 0) is 11.6 Å². The first kappa shape index (κ1) is 18.5. The topological polar surface area (TPSA) is 70.2 Å². The zero-order valence-corrected chi connectivity index (χ0v) is 16.1. The fraction of sp³-hybridized carbons (Fsp3) is 0.176. The van der Waals surface area contributed by atoms with Crippen molar-refractivity contribution in [3.8, 4) is 11.1 Å². The molecule has 4 nitrogen and oxygen atoms in total. The van der Waals surface area contributed by atoms with Crippen LogP contribution < -0.4 is 0 Å². The number of aliphatic hydroxyl groups excluding tert-OH is 1. The number of rotatable bonds is 4. The van der Waals surface area contributed by atoms with Crippen LogP contribution in [0.3, 0.4) is 0 Å². The molecule has 0 saturated heterocycles. The van der Waals surface area contributed by atoms with E-state index in [4.69, 9.17) is 34.8 Å². The van der Waals surface area contributed by atoms with Gasteiger partial charge in [0.05, 0.1) is 26.5 Å². The van der Waals surface area contributed by atoms with Gasteiger partial charge in [-0.15, -0.1) is 0 Å². The Labute approximate surface area is 160 Å². The van der Waals surface area contributed by atoms with Gasteiger partial charge in [-0.2, -0.15) is 0 Å². The van der Waals surface area contributed by atoms with Crippen molar-refractivity contribution >= 4 is 55.5 Å². The van der Waals surface area contributed by atoms with Crippen LogP contribution in [0.5, 0.6) is 0 Å². The van der Waals surface area contributed by atoms with Crippen LogP contribution in [-0.4, -0.2) is 30.5 Å². The third-order valence-corrected chi connectivity index (χ3v) is 5.99. The summed E-state index contributed by atoms with van der Waals surface area (Å²) in [4.78, 5) is 3.05. The van der Waals surface area contributed by atoms with Crippen molar-refractivity contribution in [2.45, 2.75) is 6.10 Å². The average molecular weight is 419 g/mol. The summed E-state index contributed by atoms with van der Waals surface area (Å²) in [6.45, 7) is 0. The van der Waals surface area contributed by atoms with E-state index in [-0.39, 0.29) is 15.1 Å². The summed E-state index contributed by atoms with van der Waals surface area (Å²) in [6, 6.07) is 10.8. The minimum atomic E-state index is -3.39. The van der Waals surface area contributed by atoms with Crippen molar-refractivity contribution in [2.75, 3.05) is 12.0 Å². The molecule has 25 heavy (non-hydrogen) atoms. The highest BCUT2D eigenvalue weighted by Crippen LogP contribution is 2.44. The molecule has 1 heterocycles. The van der Waals surface area contributed by atoms with Crippen LogP contribution in [0, 0.1) is 0 Å². The summed E-state index contributed by atoms with van der Waals surface area (Å²) >= 11 is 18.7. The number of aromatic amines is 1. The lowest BCUT2D eigenvalue weighted by Gasteiger charge is -2.12. The molecule has 8 heteroatoms. The van der Waals surface area contributed by atoms with Gasteiger partial charge in [-0.25, -0.2) is 8.42 Å². The highest BCUT2D eigenvalue weighted by Gasteiger charge is 2.25. The van der Waals surface area contributed by atoms with E-state index in [0.717, 1.165) is 11.8 Å². The molecule has 3 aromatic rings. The van der Waals surface area contributed by atoms with Gasteiger partial charge in [0.2, 0.25) is 0 Å². The van der Waals surface area contributed by atoms with Crippen LogP contribution in [0.1, 0.15) is 11.8 Å². The second-order valence-corrected chi connectivity index (χ2v) is 9.14. The van der Waals surface area contributed by atoms with Gasteiger partial charge in [0.15, 0.2) is 0 Å². The van der Waals surface area contributed by atoms with Gasteiger partial charge in [0.25, 0.3) is 0 Å². The van der Waals surface area contributed by atoms with Crippen LogP contribution in [0.15, 0.2) is 36.4 Å². The molecule has 0 radical (unpaired) electrons.